The minimum Gasteiger partial charge on any atom is -0.352 e. The first-order chi connectivity index (χ1) is 8.15. The zero-order valence-corrected chi connectivity index (χ0v) is 11.3. The van der Waals surface area contributed by atoms with Gasteiger partial charge in [-0.15, -0.1) is 0 Å². The van der Waals surface area contributed by atoms with Crippen LogP contribution in [-0.4, -0.2) is 11.9 Å². The highest BCUT2D eigenvalue weighted by Crippen LogP contribution is 2.11. The molecular formula is C13H15BrN2O. The first-order valence-corrected chi connectivity index (χ1v) is 6.35. The van der Waals surface area contributed by atoms with Crippen molar-refractivity contribution in [2.24, 2.45) is 0 Å². The highest BCUT2D eigenvalue weighted by Gasteiger charge is 2.10. The molecule has 1 aromatic carbocycles. The van der Waals surface area contributed by atoms with Gasteiger partial charge >= 0.3 is 0 Å². The minimum atomic E-state index is -0.0389. The highest BCUT2D eigenvalue weighted by atomic mass is 79.9. The van der Waals surface area contributed by atoms with E-state index in [1.165, 1.54) is 0 Å². The van der Waals surface area contributed by atoms with Gasteiger partial charge in [0.25, 0.3) is 0 Å². The predicted octanol–water partition coefficient (Wildman–Crippen LogP) is 2.80. The standard InChI is InChI=1S/C13H15BrN2O/c1-2-12(7-8-15)16-13(17)9-10-3-5-11(14)6-4-10/h3-6,12H,2,7,9H2,1H3,(H,16,17). The Kier molecular flexibility index (Phi) is 5.71. The molecule has 17 heavy (non-hydrogen) atoms. The highest BCUT2D eigenvalue weighted by molar-refractivity contribution is 9.10. The Morgan fingerprint density at radius 1 is 1.47 bits per heavy atom. The fourth-order valence-electron chi connectivity index (χ4n) is 1.47. The topological polar surface area (TPSA) is 52.9 Å². The van der Waals surface area contributed by atoms with Gasteiger partial charge in [-0.25, -0.2) is 0 Å². The molecular weight excluding hydrogens is 280 g/mol. The molecule has 0 spiro atoms. The van der Waals surface area contributed by atoms with Crippen LogP contribution < -0.4 is 5.32 Å². The molecule has 0 aromatic heterocycles. The Morgan fingerprint density at radius 3 is 2.65 bits per heavy atom. The molecule has 0 aliphatic carbocycles. The van der Waals surface area contributed by atoms with Crippen LogP contribution in [0.1, 0.15) is 25.3 Å². The summed E-state index contributed by atoms with van der Waals surface area (Å²) in [4.78, 5) is 11.7. The molecule has 1 rings (SSSR count). The molecule has 1 N–H and O–H groups in total. The normalized spacial score (nSPS) is 11.6. The van der Waals surface area contributed by atoms with Crippen molar-refractivity contribution in [1.29, 1.82) is 5.26 Å². The summed E-state index contributed by atoms with van der Waals surface area (Å²) in [6.45, 7) is 1.96. The van der Waals surface area contributed by atoms with Crippen molar-refractivity contribution in [2.45, 2.75) is 32.2 Å². The molecule has 1 atom stereocenters. The van der Waals surface area contributed by atoms with Crippen LogP contribution in [0, 0.1) is 11.3 Å². The maximum atomic E-state index is 11.7. The van der Waals surface area contributed by atoms with Crippen molar-refractivity contribution in [3.8, 4) is 6.07 Å². The van der Waals surface area contributed by atoms with Gasteiger partial charge in [0.1, 0.15) is 0 Å². The van der Waals surface area contributed by atoms with Crippen LogP contribution in [0.4, 0.5) is 0 Å². The SMILES string of the molecule is CCC(CC#N)NC(=O)Cc1ccc(Br)cc1. The number of carbonyl (C=O) groups excluding carboxylic acids is 1. The first kappa shape index (κ1) is 13.7. The summed E-state index contributed by atoms with van der Waals surface area (Å²) in [6.07, 6.45) is 1.50. The fourth-order valence-corrected chi connectivity index (χ4v) is 1.74. The lowest BCUT2D eigenvalue weighted by Gasteiger charge is -2.13. The number of nitriles is 1. The van der Waals surface area contributed by atoms with Gasteiger partial charge in [-0.2, -0.15) is 5.26 Å². The van der Waals surface area contributed by atoms with Gasteiger partial charge in [0.05, 0.1) is 18.9 Å². The summed E-state index contributed by atoms with van der Waals surface area (Å²) in [5, 5.41) is 11.5. The third-order valence-electron chi connectivity index (χ3n) is 2.47. The summed E-state index contributed by atoms with van der Waals surface area (Å²) in [5.41, 5.74) is 0.970. The van der Waals surface area contributed by atoms with E-state index in [0.717, 1.165) is 16.5 Å². The van der Waals surface area contributed by atoms with Crippen LogP contribution in [0.15, 0.2) is 28.7 Å². The van der Waals surface area contributed by atoms with E-state index < -0.39 is 0 Å². The molecule has 0 saturated carbocycles. The smallest absolute Gasteiger partial charge is 0.224 e. The Labute approximate surface area is 110 Å². The molecule has 0 saturated heterocycles. The van der Waals surface area contributed by atoms with Crippen molar-refractivity contribution in [3.63, 3.8) is 0 Å². The number of nitrogens with zero attached hydrogens (tertiary/aromatic N) is 1. The molecule has 0 fully saturated rings. The summed E-state index contributed by atoms with van der Waals surface area (Å²) in [7, 11) is 0. The third kappa shape index (κ3) is 5.01. The lowest BCUT2D eigenvalue weighted by molar-refractivity contribution is -0.121. The van der Waals surface area contributed by atoms with Gasteiger partial charge in [-0.3, -0.25) is 4.79 Å². The second-order valence-corrected chi connectivity index (χ2v) is 4.75. The van der Waals surface area contributed by atoms with E-state index in [2.05, 4.69) is 27.3 Å². The quantitative estimate of drug-likeness (QED) is 0.908. The molecule has 0 aliphatic rings. The summed E-state index contributed by atoms with van der Waals surface area (Å²) in [5.74, 6) is -0.0329. The number of hydrogen-bond acceptors (Lipinski definition) is 2. The average Bonchev–Trinajstić information content (AvgIpc) is 2.31. The van der Waals surface area contributed by atoms with Gasteiger partial charge in [-0.1, -0.05) is 35.0 Å². The van der Waals surface area contributed by atoms with Crippen molar-refractivity contribution in [2.75, 3.05) is 0 Å². The van der Waals surface area contributed by atoms with Gasteiger partial charge in [-0.05, 0) is 24.1 Å². The molecule has 0 bridgehead atoms. The van der Waals surface area contributed by atoms with Gasteiger partial charge < -0.3 is 5.32 Å². The molecule has 3 nitrogen and oxygen atoms in total. The fraction of sp³-hybridized carbons (Fsp3) is 0.385. The molecule has 1 aromatic rings. The monoisotopic (exact) mass is 294 g/mol. The molecule has 1 amide bonds. The van der Waals surface area contributed by atoms with Crippen molar-refractivity contribution in [1.82, 2.24) is 5.32 Å². The molecule has 1 unspecified atom stereocenters. The van der Waals surface area contributed by atoms with E-state index in [1.54, 1.807) is 0 Å². The molecule has 90 valence electrons. The first-order valence-electron chi connectivity index (χ1n) is 5.56. The molecule has 0 radical (unpaired) electrons. The van der Waals surface area contributed by atoms with Crippen molar-refractivity contribution >= 4 is 21.8 Å². The van der Waals surface area contributed by atoms with Gasteiger partial charge in [0, 0.05) is 10.5 Å². The summed E-state index contributed by atoms with van der Waals surface area (Å²) < 4.78 is 0.998. The largest absolute Gasteiger partial charge is 0.352 e. The Balaban J connectivity index is 2.49. The van der Waals surface area contributed by atoms with Crippen molar-refractivity contribution < 1.29 is 4.79 Å². The van der Waals surface area contributed by atoms with E-state index in [1.807, 2.05) is 31.2 Å². The van der Waals surface area contributed by atoms with Crippen LogP contribution in [-0.2, 0) is 11.2 Å². The zero-order valence-electron chi connectivity index (χ0n) is 9.74. The summed E-state index contributed by atoms with van der Waals surface area (Å²) in [6, 6.07) is 9.68. The molecule has 0 aliphatic heterocycles. The number of hydrogen-bond donors (Lipinski definition) is 1. The maximum Gasteiger partial charge on any atom is 0.224 e. The van der Waals surface area contributed by atoms with E-state index in [0.29, 0.717) is 12.8 Å². The van der Waals surface area contributed by atoms with Crippen LogP contribution >= 0.6 is 15.9 Å². The summed E-state index contributed by atoms with van der Waals surface area (Å²) >= 11 is 3.35. The van der Waals surface area contributed by atoms with Crippen molar-refractivity contribution in [3.05, 3.63) is 34.3 Å². The number of rotatable bonds is 5. The number of halogens is 1. The van der Waals surface area contributed by atoms with Crippen LogP contribution in [0.3, 0.4) is 0 Å². The number of nitrogens with one attached hydrogen (secondary N) is 1. The lowest BCUT2D eigenvalue weighted by atomic mass is 10.1. The van der Waals surface area contributed by atoms with E-state index in [-0.39, 0.29) is 11.9 Å². The number of amides is 1. The molecule has 4 heteroatoms. The van der Waals surface area contributed by atoms with Crippen LogP contribution in [0.5, 0.6) is 0 Å². The predicted molar refractivity (Wildman–Crippen MR) is 70.3 cm³/mol. The Morgan fingerprint density at radius 2 is 2.12 bits per heavy atom. The Bertz CT molecular complexity index is 408. The Hall–Kier alpha value is -1.34. The van der Waals surface area contributed by atoms with E-state index in [9.17, 15) is 4.79 Å². The van der Waals surface area contributed by atoms with Gasteiger partial charge in [0.15, 0.2) is 0 Å². The lowest BCUT2D eigenvalue weighted by Crippen LogP contribution is -2.35. The molecule has 0 heterocycles. The van der Waals surface area contributed by atoms with Crippen LogP contribution in [0.25, 0.3) is 0 Å². The minimum absolute atomic E-state index is 0.0329. The maximum absolute atomic E-state index is 11.7. The van der Waals surface area contributed by atoms with Gasteiger partial charge in [0.2, 0.25) is 5.91 Å². The second kappa shape index (κ2) is 7.08. The zero-order chi connectivity index (χ0) is 12.7. The third-order valence-corrected chi connectivity index (χ3v) is 3.00. The number of carbonyl (C=O) groups is 1. The van der Waals surface area contributed by atoms with E-state index >= 15 is 0 Å². The van der Waals surface area contributed by atoms with Crippen LogP contribution in [0.2, 0.25) is 0 Å². The average molecular weight is 295 g/mol. The van der Waals surface area contributed by atoms with E-state index in [4.69, 9.17) is 5.26 Å². The number of benzene rings is 1. The second-order valence-electron chi connectivity index (χ2n) is 3.84.